The normalized spacial score (nSPS) is 38.4. The summed E-state index contributed by atoms with van der Waals surface area (Å²) < 4.78 is 5.74. The van der Waals surface area contributed by atoms with Gasteiger partial charge < -0.3 is 15.0 Å². The summed E-state index contributed by atoms with van der Waals surface area (Å²) in [6.07, 6.45) is 3.43. The number of nitrogens with one attached hydrogen (secondary N) is 1. The van der Waals surface area contributed by atoms with Gasteiger partial charge in [-0.25, -0.2) is 0 Å². The van der Waals surface area contributed by atoms with Gasteiger partial charge in [0.2, 0.25) is 11.8 Å². The first-order valence-corrected chi connectivity index (χ1v) is 6.38. The fourth-order valence-electron chi connectivity index (χ4n) is 2.92. The van der Waals surface area contributed by atoms with Crippen LogP contribution in [-0.2, 0) is 14.3 Å². The van der Waals surface area contributed by atoms with Gasteiger partial charge in [-0.15, -0.1) is 0 Å². The average Bonchev–Trinajstić information content (AvgIpc) is 3.02. The average molecular weight is 238 g/mol. The molecule has 1 aliphatic carbocycles. The Bertz CT molecular complexity index is 354. The maximum atomic E-state index is 12.1. The van der Waals surface area contributed by atoms with Gasteiger partial charge in [-0.2, -0.15) is 0 Å². The molecule has 2 heterocycles. The number of carbonyl (C=O) groups excluding carboxylic acids is 2. The fourth-order valence-corrected chi connectivity index (χ4v) is 2.92. The van der Waals surface area contributed by atoms with E-state index in [1.165, 1.54) is 12.8 Å². The lowest BCUT2D eigenvalue weighted by molar-refractivity contribution is -0.147. The molecule has 1 saturated carbocycles. The van der Waals surface area contributed by atoms with E-state index >= 15 is 0 Å². The van der Waals surface area contributed by atoms with Gasteiger partial charge in [-0.05, 0) is 32.1 Å². The van der Waals surface area contributed by atoms with Crippen LogP contribution < -0.4 is 5.32 Å². The van der Waals surface area contributed by atoms with E-state index in [0.29, 0.717) is 12.5 Å². The van der Waals surface area contributed by atoms with Crippen LogP contribution in [0.5, 0.6) is 0 Å². The summed E-state index contributed by atoms with van der Waals surface area (Å²) in [6.45, 7) is 2.65. The molecule has 94 valence electrons. The van der Waals surface area contributed by atoms with Crippen LogP contribution in [0.3, 0.4) is 0 Å². The smallest absolute Gasteiger partial charge is 0.245 e. The van der Waals surface area contributed by atoms with Crippen LogP contribution in [0.4, 0.5) is 0 Å². The van der Waals surface area contributed by atoms with Gasteiger partial charge in [-0.1, -0.05) is 0 Å². The molecule has 2 saturated heterocycles. The molecule has 3 rings (SSSR count). The van der Waals surface area contributed by atoms with Crippen LogP contribution in [0.1, 0.15) is 26.2 Å². The topological polar surface area (TPSA) is 58.6 Å². The number of rotatable bonds is 2. The van der Waals surface area contributed by atoms with E-state index in [9.17, 15) is 9.59 Å². The molecule has 0 aromatic rings. The van der Waals surface area contributed by atoms with Crippen LogP contribution in [0.15, 0.2) is 0 Å². The van der Waals surface area contributed by atoms with E-state index in [4.69, 9.17) is 4.74 Å². The highest BCUT2D eigenvalue weighted by molar-refractivity contribution is 5.94. The highest BCUT2D eigenvalue weighted by Crippen LogP contribution is 2.40. The molecule has 3 atom stereocenters. The predicted molar refractivity (Wildman–Crippen MR) is 60.2 cm³/mol. The second-order valence-corrected chi connectivity index (χ2v) is 5.28. The molecule has 3 fully saturated rings. The van der Waals surface area contributed by atoms with Gasteiger partial charge in [0.25, 0.3) is 0 Å². The largest absolute Gasteiger partial charge is 0.376 e. The van der Waals surface area contributed by atoms with Gasteiger partial charge in [0.1, 0.15) is 12.6 Å². The van der Waals surface area contributed by atoms with Crippen LogP contribution in [0.25, 0.3) is 0 Å². The molecule has 3 unspecified atom stereocenters. The number of hydrogen-bond donors (Lipinski definition) is 1. The third-order valence-electron chi connectivity index (χ3n) is 3.94. The Morgan fingerprint density at radius 2 is 2.06 bits per heavy atom. The Balaban J connectivity index is 1.77. The summed E-state index contributed by atoms with van der Waals surface area (Å²) >= 11 is 0. The molecule has 0 spiro atoms. The Labute approximate surface area is 100 Å². The molecule has 0 radical (unpaired) electrons. The molecule has 5 heteroatoms. The van der Waals surface area contributed by atoms with E-state index in [1.807, 2.05) is 0 Å². The zero-order valence-electron chi connectivity index (χ0n) is 10.0. The van der Waals surface area contributed by atoms with Crippen molar-refractivity contribution in [1.82, 2.24) is 10.2 Å². The van der Waals surface area contributed by atoms with Crippen molar-refractivity contribution >= 4 is 11.8 Å². The van der Waals surface area contributed by atoms with Crippen molar-refractivity contribution in [2.24, 2.45) is 5.92 Å². The number of hydrogen-bond acceptors (Lipinski definition) is 3. The molecule has 17 heavy (non-hydrogen) atoms. The number of ether oxygens (including phenoxy) is 1. The van der Waals surface area contributed by atoms with Gasteiger partial charge in [0.15, 0.2) is 0 Å². The van der Waals surface area contributed by atoms with Crippen molar-refractivity contribution < 1.29 is 14.3 Å². The lowest BCUT2D eigenvalue weighted by Gasteiger charge is -2.37. The van der Waals surface area contributed by atoms with Gasteiger partial charge in [-0.3, -0.25) is 9.59 Å². The fraction of sp³-hybridized carbons (Fsp3) is 0.833. The van der Waals surface area contributed by atoms with E-state index in [0.717, 1.165) is 6.42 Å². The van der Waals surface area contributed by atoms with E-state index in [-0.39, 0.29) is 30.5 Å². The number of piperazine rings is 1. The summed E-state index contributed by atoms with van der Waals surface area (Å²) in [5.41, 5.74) is 0. The number of nitrogens with zero attached hydrogens (tertiary/aromatic N) is 1. The summed E-state index contributed by atoms with van der Waals surface area (Å²) in [5.74, 6) is 0.583. The molecule has 0 bridgehead atoms. The second-order valence-electron chi connectivity index (χ2n) is 5.28. The van der Waals surface area contributed by atoms with Gasteiger partial charge >= 0.3 is 0 Å². The maximum absolute atomic E-state index is 12.1. The Morgan fingerprint density at radius 3 is 2.76 bits per heavy atom. The molecule has 2 aliphatic heterocycles. The summed E-state index contributed by atoms with van der Waals surface area (Å²) in [5, 5.41) is 2.67. The van der Waals surface area contributed by atoms with E-state index in [2.05, 4.69) is 5.32 Å². The first-order valence-electron chi connectivity index (χ1n) is 6.38. The molecule has 5 nitrogen and oxygen atoms in total. The first-order chi connectivity index (χ1) is 8.16. The quantitative estimate of drug-likeness (QED) is 0.731. The molecule has 0 aromatic carbocycles. The molecule has 2 amide bonds. The van der Waals surface area contributed by atoms with Crippen molar-refractivity contribution in [2.75, 3.05) is 13.2 Å². The lowest BCUT2D eigenvalue weighted by Crippen LogP contribution is -2.61. The summed E-state index contributed by atoms with van der Waals surface area (Å²) in [4.78, 5) is 25.4. The minimum atomic E-state index is -0.392. The third kappa shape index (κ3) is 1.92. The Hall–Kier alpha value is -1.10. The predicted octanol–water partition coefficient (Wildman–Crippen LogP) is -0.0992. The van der Waals surface area contributed by atoms with Crippen LogP contribution in [-0.4, -0.2) is 48.1 Å². The van der Waals surface area contributed by atoms with Crippen LogP contribution in [0, 0.1) is 5.92 Å². The van der Waals surface area contributed by atoms with Crippen molar-refractivity contribution in [3.05, 3.63) is 0 Å². The highest BCUT2D eigenvalue weighted by atomic mass is 16.5. The van der Waals surface area contributed by atoms with Crippen molar-refractivity contribution in [3.8, 4) is 0 Å². The summed E-state index contributed by atoms with van der Waals surface area (Å²) in [7, 11) is 0. The van der Waals surface area contributed by atoms with Crippen molar-refractivity contribution in [3.63, 3.8) is 0 Å². The molecular formula is C12H18N2O3. The number of carbonyl (C=O) groups is 2. The Morgan fingerprint density at radius 1 is 1.29 bits per heavy atom. The standard InChI is InChI=1S/C12H18N2O3/c1-7-12(16)14(6-10(15)13-7)9-4-5-17-11(9)8-2-3-8/h7-9,11H,2-6H2,1H3,(H,13,15). The zero-order chi connectivity index (χ0) is 12.0. The highest BCUT2D eigenvalue weighted by Gasteiger charge is 2.46. The SMILES string of the molecule is CC1NC(=O)CN(C2CCOC2C2CC2)C1=O. The van der Waals surface area contributed by atoms with Crippen LogP contribution >= 0.6 is 0 Å². The van der Waals surface area contributed by atoms with Crippen molar-refractivity contribution in [1.29, 1.82) is 0 Å². The van der Waals surface area contributed by atoms with E-state index < -0.39 is 6.04 Å². The van der Waals surface area contributed by atoms with E-state index in [1.54, 1.807) is 11.8 Å². The lowest BCUT2D eigenvalue weighted by atomic mass is 10.0. The minimum absolute atomic E-state index is 0.0331. The van der Waals surface area contributed by atoms with Gasteiger partial charge in [0, 0.05) is 6.61 Å². The van der Waals surface area contributed by atoms with Crippen molar-refractivity contribution in [2.45, 2.75) is 44.4 Å². The maximum Gasteiger partial charge on any atom is 0.245 e. The zero-order valence-corrected chi connectivity index (χ0v) is 10.0. The van der Waals surface area contributed by atoms with Crippen LogP contribution in [0.2, 0.25) is 0 Å². The number of amides is 2. The molecule has 3 aliphatic rings. The Kier molecular flexibility index (Phi) is 2.58. The third-order valence-corrected chi connectivity index (χ3v) is 3.94. The minimum Gasteiger partial charge on any atom is -0.376 e. The molecule has 1 N–H and O–H groups in total. The molecule has 0 aromatic heterocycles. The first kappa shape index (κ1) is 11.0. The van der Waals surface area contributed by atoms with Gasteiger partial charge in [0.05, 0.1) is 12.1 Å². The second kappa shape index (κ2) is 3.98. The monoisotopic (exact) mass is 238 g/mol. The summed E-state index contributed by atoms with van der Waals surface area (Å²) in [6, 6.07) is -0.278. The molecular weight excluding hydrogens is 220 g/mol.